The van der Waals surface area contributed by atoms with Crippen LogP contribution in [-0.4, -0.2) is 23.4 Å². The summed E-state index contributed by atoms with van der Waals surface area (Å²) in [5.74, 6) is 0.822. The highest BCUT2D eigenvalue weighted by atomic mass is 79.9. The van der Waals surface area contributed by atoms with Gasteiger partial charge in [-0.25, -0.2) is 0 Å². The number of aromatic amines is 1. The predicted octanol–water partition coefficient (Wildman–Crippen LogP) is 7.22. The monoisotopic (exact) mass is 572 g/mol. The molecule has 5 aromatic rings. The average molecular weight is 574 g/mol. The van der Waals surface area contributed by atoms with Gasteiger partial charge in [-0.2, -0.15) is 0 Å². The van der Waals surface area contributed by atoms with Crippen molar-refractivity contribution in [2.75, 3.05) is 7.05 Å². The molecule has 0 aliphatic heterocycles. The number of ether oxygens (including phenoxy) is 1. The van der Waals surface area contributed by atoms with E-state index in [0.29, 0.717) is 12.3 Å². The molecule has 0 spiro atoms. The Kier molecular flexibility index (Phi) is 11.8. The zero-order valence-corrected chi connectivity index (χ0v) is 23.2. The molecule has 0 atom stereocenters. The number of rotatable bonds is 7. The van der Waals surface area contributed by atoms with E-state index in [9.17, 15) is 4.79 Å². The molecular weight excluding hydrogens is 540 g/mol. The summed E-state index contributed by atoms with van der Waals surface area (Å²) >= 11 is 3.38. The summed E-state index contributed by atoms with van der Waals surface area (Å²) in [6.07, 6.45) is 0.819. The van der Waals surface area contributed by atoms with Crippen LogP contribution in [0.3, 0.4) is 0 Å². The number of benzene rings is 4. The smallest absolute Gasteiger partial charge is 0.166 e. The number of aryl methyl sites for hydroxylation is 1. The number of fused-ring (bicyclic) bond motifs is 1. The molecule has 38 heavy (non-hydrogen) atoms. The van der Waals surface area contributed by atoms with Crippen LogP contribution in [-0.2, 0) is 19.8 Å². The highest BCUT2D eigenvalue weighted by molar-refractivity contribution is 9.10. The molecule has 6 heteroatoms. The zero-order valence-electron chi connectivity index (χ0n) is 21.7. The Labute approximate surface area is 232 Å². The second-order valence-electron chi connectivity index (χ2n) is 8.66. The van der Waals surface area contributed by atoms with Crippen LogP contribution < -0.4 is 10.1 Å². The fraction of sp³-hybridized carbons (Fsp3) is 0.156. The van der Waals surface area contributed by atoms with Gasteiger partial charge < -0.3 is 20.1 Å². The van der Waals surface area contributed by atoms with Gasteiger partial charge in [-0.3, -0.25) is 4.79 Å². The summed E-state index contributed by atoms with van der Waals surface area (Å²) < 4.78 is 6.78. The molecule has 5 nitrogen and oxygen atoms in total. The minimum atomic E-state index is 0.0677. The van der Waals surface area contributed by atoms with Crippen molar-refractivity contribution in [3.05, 3.63) is 136 Å². The SMILES string of the molecule is CNCc1ccc(Br)cc1.Cc1ccc(COc2ccc(CO)cc2)cc1.O=Cc1cc2ccccc2[nH]1. The number of hydrogen-bond donors (Lipinski definition) is 3. The molecule has 0 fully saturated rings. The van der Waals surface area contributed by atoms with E-state index in [1.165, 1.54) is 11.1 Å². The van der Waals surface area contributed by atoms with Crippen molar-refractivity contribution >= 4 is 33.1 Å². The highest BCUT2D eigenvalue weighted by Gasteiger charge is 1.97. The van der Waals surface area contributed by atoms with Crippen LogP contribution in [0, 0.1) is 6.92 Å². The van der Waals surface area contributed by atoms with Crippen LogP contribution in [0.15, 0.2) is 108 Å². The quantitative estimate of drug-likeness (QED) is 0.180. The van der Waals surface area contributed by atoms with Gasteiger partial charge in [0, 0.05) is 21.9 Å². The zero-order chi connectivity index (χ0) is 27.2. The first kappa shape index (κ1) is 28.9. The van der Waals surface area contributed by atoms with Crippen molar-refractivity contribution in [1.82, 2.24) is 10.3 Å². The van der Waals surface area contributed by atoms with E-state index >= 15 is 0 Å². The van der Waals surface area contributed by atoms with Gasteiger partial charge in [0.25, 0.3) is 0 Å². The van der Waals surface area contributed by atoms with E-state index in [0.717, 1.165) is 45.1 Å². The Bertz CT molecular complexity index is 1350. The molecule has 0 unspecified atom stereocenters. The number of halogens is 1. The number of carbonyl (C=O) groups excluding carboxylic acids is 1. The average Bonchev–Trinajstić information content (AvgIpc) is 3.39. The van der Waals surface area contributed by atoms with Gasteiger partial charge in [-0.1, -0.05) is 88.2 Å². The second kappa shape index (κ2) is 15.5. The molecule has 1 heterocycles. The predicted molar refractivity (Wildman–Crippen MR) is 158 cm³/mol. The molecule has 0 aliphatic rings. The Morgan fingerprint density at radius 3 is 2.11 bits per heavy atom. The molecule has 196 valence electrons. The standard InChI is InChI=1S/C15H16O2.C9H7NO.C8H10BrN/c1-12-2-4-14(5-3-12)11-17-15-8-6-13(10-16)7-9-15;11-6-8-5-7-3-1-2-4-9(7)10-8;1-10-6-7-2-4-8(9)5-3-7/h2-9,16H,10-11H2,1H3;1-6,10H;2-5,10H,6H2,1H3. The summed E-state index contributed by atoms with van der Waals surface area (Å²) in [5.41, 5.74) is 6.25. The van der Waals surface area contributed by atoms with Crippen LogP contribution in [0.4, 0.5) is 0 Å². The molecular formula is C32H33BrN2O3. The number of aldehydes is 1. The molecule has 3 N–H and O–H groups in total. The Morgan fingerprint density at radius 1 is 0.868 bits per heavy atom. The maximum Gasteiger partial charge on any atom is 0.166 e. The largest absolute Gasteiger partial charge is 0.489 e. The number of hydrogen-bond acceptors (Lipinski definition) is 4. The van der Waals surface area contributed by atoms with Crippen LogP contribution in [0.2, 0.25) is 0 Å². The van der Waals surface area contributed by atoms with Crippen LogP contribution in [0.25, 0.3) is 10.9 Å². The first-order chi connectivity index (χ1) is 18.5. The van der Waals surface area contributed by atoms with Crippen LogP contribution in [0.5, 0.6) is 5.75 Å². The van der Waals surface area contributed by atoms with Crippen molar-refractivity contribution in [2.45, 2.75) is 26.7 Å². The third kappa shape index (κ3) is 9.63. The fourth-order valence-corrected chi connectivity index (χ4v) is 3.77. The number of aliphatic hydroxyl groups is 1. The van der Waals surface area contributed by atoms with Crippen molar-refractivity contribution in [3.63, 3.8) is 0 Å². The minimum Gasteiger partial charge on any atom is -0.489 e. The number of aromatic nitrogens is 1. The van der Waals surface area contributed by atoms with E-state index < -0.39 is 0 Å². The van der Waals surface area contributed by atoms with E-state index in [1.54, 1.807) is 0 Å². The molecule has 0 amide bonds. The first-order valence-corrected chi connectivity index (χ1v) is 13.1. The third-order valence-corrected chi connectivity index (χ3v) is 6.13. The maximum absolute atomic E-state index is 10.3. The molecule has 0 saturated carbocycles. The molecule has 0 radical (unpaired) electrons. The van der Waals surface area contributed by atoms with Crippen molar-refractivity contribution < 1.29 is 14.6 Å². The summed E-state index contributed by atoms with van der Waals surface area (Å²) in [5, 5.41) is 13.1. The van der Waals surface area contributed by atoms with Crippen molar-refractivity contribution in [3.8, 4) is 5.75 Å². The Morgan fingerprint density at radius 2 is 1.50 bits per heavy atom. The second-order valence-corrected chi connectivity index (χ2v) is 9.58. The van der Waals surface area contributed by atoms with Gasteiger partial charge in [-0.05, 0) is 67.1 Å². The topological polar surface area (TPSA) is 74.3 Å². The molecule has 4 aromatic carbocycles. The lowest BCUT2D eigenvalue weighted by Gasteiger charge is -2.07. The van der Waals surface area contributed by atoms with Gasteiger partial charge in [0.15, 0.2) is 6.29 Å². The van der Waals surface area contributed by atoms with Crippen LogP contribution >= 0.6 is 15.9 Å². The molecule has 5 rings (SSSR count). The number of aliphatic hydroxyl groups excluding tert-OH is 1. The Balaban J connectivity index is 0.000000166. The van der Waals surface area contributed by atoms with Crippen molar-refractivity contribution in [1.29, 1.82) is 0 Å². The van der Waals surface area contributed by atoms with Gasteiger partial charge in [-0.15, -0.1) is 0 Å². The summed E-state index contributed by atoms with van der Waals surface area (Å²) in [4.78, 5) is 13.3. The van der Waals surface area contributed by atoms with Crippen LogP contribution in [0.1, 0.15) is 32.7 Å². The summed E-state index contributed by atoms with van der Waals surface area (Å²) in [6.45, 7) is 3.64. The Hall–Kier alpha value is -3.71. The maximum atomic E-state index is 10.3. The fourth-order valence-electron chi connectivity index (χ4n) is 3.51. The van der Waals surface area contributed by atoms with E-state index in [-0.39, 0.29) is 6.61 Å². The van der Waals surface area contributed by atoms with Gasteiger partial charge >= 0.3 is 0 Å². The lowest BCUT2D eigenvalue weighted by atomic mass is 10.2. The molecule has 1 aromatic heterocycles. The first-order valence-electron chi connectivity index (χ1n) is 12.3. The number of nitrogens with one attached hydrogen (secondary N) is 2. The van der Waals surface area contributed by atoms with Gasteiger partial charge in [0.05, 0.1) is 12.3 Å². The third-order valence-electron chi connectivity index (χ3n) is 5.60. The highest BCUT2D eigenvalue weighted by Crippen LogP contribution is 2.15. The summed E-state index contributed by atoms with van der Waals surface area (Å²) in [6, 6.07) is 33.7. The van der Waals surface area contributed by atoms with E-state index in [4.69, 9.17) is 9.84 Å². The van der Waals surface area contributed by atoms with E-state index in [1.807, 2.05) is 73.8 Å². The van der Waals surface area contributed by atoms with Gasteiger partial charge in [0.1, 0.15) is 12.4 Å². The number of para-hydroxylation sites is 1. The molecule has 0 aliphatic carbocycles. The minimum absolute atomic E-state index is 0.0677. The van der Waals surface area contributed by atoms with Crippen molar-refractivity contribution in [2.24, 2.45) is 0 Å². The number of H-pyrrole nitrogens is 1. The van der Waals surface area contributed by atoms with E-state index in [2.05, 4.69) is 69.6 Å². The lowest BCUT2D eigenvalue weighted by molar-refractivity contribution is 0.111. The van der Waals surface area contributed by atoms with Gasteiger partial charge in [0.2, 0.25) is 0 Å². The molecule has 0 saturated heterocycles. The normalized spacial score (nSPS) is 10.1. The molecule has 0 bridgehead atoms. The summed E-state index contributed by atoms with van der Waals surface area (Å²) in [7, 11) is 1.95. The lowest BCUT2D eigenvalue weighted by Crippen LogP contribution is -2.04. The number of carbonyl (C=O) groups is 1.